The van der Waals surface area contributed by atoms with Crippen molar-refractivity contribution in [3.05, 3.63) is 0 Å². The largest absolute Gasteiger partial charge is 0.349 e. The van der Waals surface area contributed by atoms with Crippen molar-refractivity contribution in [1.82, 2.24) is 20.0 Å². The van der Waals surface area contributed by atoms with Gasteiger partial charge in [0.2, 0.25) is 5.91 Å². The normalized spacial score (nSPS) is 28.9. The van der Waals surface area contributed by atoms with Crippen LogP contribution in [0.15, 0.2) is 0 Å². The Hall–Kier alpha value is -1.30. The van der Waals surface area contributed by atoms with Gasteiger partial charge in [0.1, 0.15) is 0 Å². The first kappa shape index (κ1) is 17.5. The lowest BCUT2D eigenvalue weighted by Gasteiger charge is -2.33. The molecule has 0 bridgehead atoms. The highest BCUT2D eigenvalue weighted by molar-refractivity contribution is 5.76. The standard InChI is InChI=1S/C18H32N4O2/c1-13-10-15(12-22(13)16-4-5-16)19-18(24)21-8-6-14(7-9-21)11-17(23)20(2)3/h13-16H,4-12H2,1-3H3,(H,19,24)/t13-,15+/m1/s1. The molecule has 1 saturated carbocycles. The van der Waals surface area contributed by atoms with Gasteiger partial charge in [-0.25, -0.2) is 4.79 Å². The zero-order valence-corrected chi connectivity index (χ0v) is 15.3. The van der Waals surface area contributed by atoms with E-state index in [9.17, 15) is 9.59 Å². The van der Waals surface area contributed by atoms with Crippen molar-refractivity contribution in [2.75, 3.05) is 33.7 Å². The minimum atomic E-state index is 0.0854. The summed E-state index contributed by atoms with van der Waals surface area (Å²) in [5, 5.41) is 3.24. The molecule has 0 aromatic carbocycles. The molecule has 2 heterocycles. The van der Waals surface area contributed by atoms with Crippen LogP contribution in [-0.2, 0) is 4.79 Å². The first-order valence-electron chi connectivity index (χ1n) is 9.45. The number of carbonyl (C=O) groups excluding carboxylic acids is 2. The molecule has 3 amide bonds. The maximum atomic E-state index is 12.5. The molecular formula is C18H32N4O2. The number of carbonyl (C=O) groups is 2. The smallest absolute Gasteiger partial charge is 0.317 e. The van der Waals surface area contributed by atoms with Crippen molar-refractivity contribution < 1.29 is 9.59 Å². The number of hydrogen-bond donors (Lipinski definition) is 1. The highest BCUT2D eigenvalue weighted by Crippen LogP contribution is 2.33. The van der Waals surface area contributed by atoms with Gasteiger partial charge >= 0.3 is 6.03 Å². The second-order valence-corrected chi connectivity index (χ2v) is 8.08. The van der Waals surface area contributed by atoms with Gasteiger partial charge in [0, 0.05) is 58.3 Å². The molecule has 0 radical (unpaired) electrons. The van der Waals surface area contributed by atoms with Crippen LogP contribution in [0.5, 0.6) is 0 Å². The summed E-state index contributed by atoms with van der Waals surface area (Å²) in [6.45, 7) is 4.82. The Bertz CT molecular complexity index is 470. The molecule has 6 nitrogen and oxygen atoms in total. The second-order valence-electron chi connectivity index (χ2n) is 8.08. The van der Waals surface area contributed by atoms with Crippen molar-refractivity contribution in [3.63, 3.8) is 0 Å². The van der Waals surface area contributed by atoms with Crippen molar-refractivity contribution in [1.29, 1.82) is 0 Å². The van der Waals surface area contributed by atoms with Crippen molar-refractivity contribution in [3.8, 4) is 0 Å². The van der Waals surface area contributed by atoms with Gasteiger partial charge in [0.05, 0.1) is 0 Å². The highest BCUT2D eigenvalue weighted by Gasteiger charge is 2.39. The fourth-order valence-electron chi connectivity index (χ4n) is 4.11. The number of nitrogens with one attached hydrogen (secondary N) is 1. The van der Waals surface area contributed by atoms with Gasteiger partial charge in [-0.15, -0.1) is 0 Å². The molecule has 1 N–H and O–H groups in total. The van der Waals surface area contributed by atoms with Crippen LogP contribution >= 0.6 is 0 Å². The fraction of sp³-hybridized carbons (Fsp3) is 0.889. The molecule has 2 atom stereocenters. The summed E-state index contributed by atoms with van der Waals surface area (Å²) in [4.78, 5) is 30.5. The maximum absolute atomic E-state index is 12.5. The predicted molar refractivity (Wildman–Crippen MR) is 93.7 cm³/mol. The van der Waals surface area contributed by atoms with E-state index in [4.69, 9.17) is 0 Å². The van der Waals surface area contributed by atoms with Crippen LogP contribution in [0, 0.1) is 5.92 Å². The number of hydrogen-bond acceptors (Lipinski definition) is 3. The lowest BCUT2D eigenvalue weighted by atomic mass is 9.93. The van der Waals surface area contributed by atoms with Crippen molar-refractivity contribution in [2.24, 2.45) is 5.92 Å². The Balaban J connectivity index is 1.40. The third-order valence-electron chi connectivity index (χ3n) is 5.83. The number of rotatable bonds is 4. The van der Waals surface area contributed by atoms with E-state index in [1.54, 1.807) is 19.0 Å². The molecular weight excluding hydrogens is 304 g/mol. The van der Waals surface area contributed by atoms with Gasteiger partial charge < -0.3 is 15.1 Å². The summed E-state index contributed by atoms with van der Waals surface area (Å²) in [6.07, 6.45) is 6.19. The molecule has 24 heavy (non-hydrogen) atoms. The minimum Gasteiger partial charge on any atom is -0.349 e. The average molecular weight is 336 g/mol. The van der Waals surface area contributed by atoms with Gasteiger partial charge in [-0.3, -0.25) is 9.69 Å². The number of likely N-dealkylation sites (tertiary alicyclic amines) is 2. The zero-order valence-electron chi connectivity index (χ0n) is 15.3. The van der Waals surface area contributed by atoms with Crippen LogP contribution in [0.25, 0.3) is 0 Å². The monoisotopic (exact) mass is 336 g/mol. The molecule has 0 aromatic heterocycles. The first-order chi connectivity index (χ1) is 11.4. The van der Waals surface area contributed by atoms with Gasteiger partial charge in [-0.1, -0.05) is 0 Å². The Labute approximate surface area is 145 Å². The molecule has 3 fully saturated rings. The lowest BCUT2D eigenvalue weighted by Crippen LogP contribution is -2.48. The third kappa shape index (κ3) is 4.21. The van der Waals surface area contributed by atoms with E-state index < -0.39 is 0 Å². The topological polar surface area (TPSA) is 55.9 Å². The van der Waals surface area contributed by atoms with Crippen LogP contribution < -0.4 is 5.32 Å². The van der Waals surface area contributed by atoms with Crippen LogP contribution in [0.1, 0.15) is 45.4 Å². The third-order valence-corrected chi connectivity index (χ3v) is 5.83. The summed E-state index contributed by atoms with van der Waals surface area (Å²) in [6, 6.07) is 1.74. The average Bonchev–Trinajstić information content (AvgIpc) is 3.32. The van der Waals surface area contributed by atoms with Crippen LogP contribution in [0.3, 0.4) is 0 Å². The van der Waals surface area contributed by atoms with E-state index >= 15 is 0 Å². The molecule has 0 aromatic rings. The quantitative estimate of drug-likeness (QED) is 0.847. The van der Waals surface area contributed by atoms with E-state index in [-0.39, 0.29) is 11.9 Å². The SMILES string of the molecule is C[C@@H]1C[C@H](NC(=O)N2CCC(CC(=O)N(C)C)CC2)CN1C1CC1. The van der Waals surface area contributed by atoms with Gasteiger partial charge in [0.25, 0.3) is 0 Å². The number of amides is 3. The molecule has 6 heteroatoms. The summed E-state index contributed by atoms with van der Waals surface area (Å²) < 4.78 is 0. The molecule has 3 rings (SSSR count). The summed E-state index contributed by atoms with van der Waals surface area (Å²) in [5.74, 6) is 0.610. The number of nitrogens with zero attached hydrogens (tertiary/aromatic N) is 3. The minimum absolute atomic E-state index is 0.0854. The Morgan fingerprint density at radius 2 is 1.79 bits per heavy atom. The van der Waals surface area contributed by atoms with E-state index in [1.165, 1.54) is 12.8 Å². The van der Waals surface area contributed by atoms with Crippen LogP contribution in [0.4, 0.5) is 4.79 Å². The molecule has 136 valence electrons. The molecule has 0 unspecified atom stereocenters. The van der Waals surface area contributed by atoms with Gasteiger partial charge in [0.15, 0.2) is 0 Å². The second kappa shape index (κ2) is 7.30. The molecule has 1 aliphatic carbocycles. The Morgan fingerprint density at radius 3 is 2.38 bits per heavy atom. The van der Waals surface area contributed by atoms with Gasteiger partial charge in [-0.05, 0) is 44.9 Å². The maximum Gasteiger partial charge on any atom is 0.317 e. The summed E-state index contributed by atoms with van der Waals surface area (Å²) in [7, 11) is 3.61. The zero-order chi connectivity index (χ0) is 17.3. The van der Waals surface area contributed by atoms with Crippen LogP contribution in [-0.4, -0.2) is 78.5 Å². The van der Waals surface area contributed by atoms with E-state index in [0.29, 0.717) is 24.4 Å². The first-order valence-corrected chi connectivity index (χ1v) is 9.45. The summed E-state index contributed by atoms with van der Waals surface area (Å²) in [5.41, 5.74) is 0. The van der Waals surface area contributed by atoms with Crippen molar-refractivity contribution in [2.45, 2.75) is 63.6 Å². The molecule has 2 saturated heterocycles. The van der Waals surface area contributed by atoms with E-state index in [0.717, 1.165) is 44.9 Å². The summed E-state index contributed by atoms with van der Waals surface area (Å²) >= 11 is 0. The van der Waals surface area contributed by atoms with E-state index in [1.807, 2.05) is 4.90 Å². The molecule has 2 aliphatic heterocycles. The lowest BCUT2D eigenvalue weighted by molar-refractivity contribution is -0.129. The van der Waals surface area contributed by atoms with E-state index in [2.05, 4.69) is 17.1 Å². The Morgan fingerprint density at radius 1 is 1.12 bits per heavy atom. The Kier molecular flexibility index (Phi) is 5.33. The fourth-order valence-corrected chi connectivity index (χ4v) is 4.11. The number of piperidine rings is 1. The number of urea groups is 1. The van der Waals surface area contributed by atoms with Crippen molar-refractivity contribution >= 4 is 11.9 Å². The predicted octanol–water partition coefficient (Wildman–Crippen LogP) is 1.51. The molecule has 0 spiro atoms. The van der Waals surface area contributed by atoms with Crippen LogP contribution in [0.2, 0.25) is 0 Å². The van der Waals surface area contributed by atoms with Gasteiger partial charge in [-0.2, -0.15) is 0 Å². The highest BCUT2D eigenvalue weighted by atomic mass is 16.2. The molecule has 3 aliphatic rings.